The molecule has 0 aliphatic heterocycles. The van der Waals surface area contributed by atoms with Crippen LogP contribution in [0.25, 0.3) is 0 Å². The van der Waals surface area contributed by atoms with Gasteiger partial charge in [0.05, 0.1) is 18.0 Å². The molecule has 0 saturated heterocycles. The first-order chi connectivity index (χ1) is 6.11. The van der Waals surface area contributed by atoms with Gasteiger partial charge in [0, 0.05) is 6.54 Å². The van der Waals surface area contributed by atoms with Crippen molar-refractivity contribution in [3.63, 3.8) is 0 Å². The number of amides is 1. The summed E-state index contributed by atoms with van der Waals surface area (Å²) in [5, 5.41) is 11.0. The van der Waals surface area contributed by atoms with Crippen LogP contribution in [0.4, 0.5) is 0 Å². The molecule has 1 amide bonds. The number of rotatable bonds is 5. The highest BCUT2D eigenvalue weighted by molar-refractivity contribution is 5.81. The maximum absolute atomic E-state index is 11.2. The van der Waals surface area contributed by atoms with Crippen molar-refractivity contribution in [2.75, 3.05) is 6.54 Å². The Labute approximate surface area is 78.4 Å². The lowest BCUT2D eigenvalue weighted by Gasteiger charge is -2.10. The molecule has 0 aliphatic carbocycles. The largest absolute Gasteiger partial charge is 0.353 e. The van der Waals surface area contributed by atoms with Crippen LogP contribution in [0.5, 0.6) is 0 Å². The first kappa shape index (κ1) is 11.7. The second-order valence-electron chi connectivity index (χ2n) is 2.91. The van der Waals surface area contributed by atoms with E-state index >= 15 is 0 Å². The van der Waals surface area contributed by atoms with E-state index in [0.717, 1.165) is 0 Å². The fourth-order valence-electron chi connectivity index (χ4n) is 0.717. The second kappa shape index (κ2) is 6.21. The van der Waals surface area contributed by atoms with Crippen molar-refractivity contribution in [1.29, 1.82) is 5.26 Å². The van der Waals surface area contributed by atoms with Crippen molar-refractivity contribution in [2.45, 2.75) is 19.4 Å². The number of hydrogen-bond acceptors (Lipinski definition) is 3. The first-order valence-corrected chi connectivity index (χ1v) is 4.15. The molecule has 0 saturated carbocycles. The molecule has 0 aromatic rings. The van der Waals surface area contributed by atoms with Crippen molar-refractivity contribution in [2.24, 2.45) is 11.7 Å². The number of nitriles is 1. The Morgan fingerprint density at radius 1 is 1.85 bits per heavy atom. The minimum absolute atomic E-state index is 0.181. The van der Waals surface area contributed by atoms with Crippen molar-refractivity contribution < 1.29 is 4.79 Å². The van der Waals surface area contributed by atoms with Gasteiger partial charge in [0.25, 0.3) is 0 Å². The third kappa shape index (κ3) is 4.99. The van der Waals surface area contributed by atoms with Crippen molar-refractivity contribution in [1.82, 2.24) is 5.32 Å². The normalized spacial score (nSPS) is 13.9. The van der Waals surface area contributed by atoms with Crippen LogP contribution in [0.2, 0.25) is 0 Å². The molecule has 2 atom stereocenters. The molecule has 0 spiro atoms. The average Bonchev–Trinajstić information content (AvgIpc) is 2.13. The highest BCUT2D eigenvalue weighted by atomic mass is 16.2. The van der Waals surface area contributed by atoms with Gasteiger partial charge >= 0.3 is 0 Å². The third-order valence-electron chi connectivity index (χ3n) is 1.56. The van der Waals surface area contributed by atoms with Gasteiger partial charge in [-0.3, -0.25) is 4.79 Å². The molecular weight excluding hydrogens is 166 g/mol. The van der Waals surface area contributed by atoms with Gasteiger partial charge in [0.1, 0.15) is 0 Å². The molecule has 13 heavy (non-hydrogen) atoms. The van der Waals surface area contributed by atoms with Crippen LogP contribution < -0.4 is 11.1 Å². The summed E-state index contributed by atoms with van der Waals surface area (Å²) in [6.07, 6.45) is 2.05. The fraction of sp³-hybridized carbons (Fsp3) is 0.556. The number of nitrogens with two attached hydrogens (primary N) is 1. The van der Waals surface area contributed by atoms with Crippen LogP contribution in [0.3, 0.4) is 0 Å². The van der Waals surface area contributed by atoms with Crippen molar-refractivity contribution in [3.8, 4) is 6.07 Å². The van der Waals surface area contributed by atoms with E-state index in [1.807, 2.05) is 6.07 Å². The predicted octanol–water partition coefficient (Wildman–Crippen LogP) is 0.166. The predicted molar refractivity (Wildman–Crippen MR) is 50.6 cm³/mol. The molecule has 0 radical (unpaired) electrons. The van der Waals surface area contributed by atoms with Crippen LogP contribution in [0.1, 0.15) is 13.3 Å². The van der Waals surface area contributed by atoms with Gasteiger partial charge in [0.2, 0.25) is 5.91 Å². The smallest absolute Gasteiger partial charge is 0.237 e. The summed E-state index contributed by atoms with van der Waals surface area (Å²) in [5.74, 6) is -0.415. The molecule has 4 heteroatoms. The Hall–Kier alpha value is -1.34. The summed E-state index contributed by atoms with van der Waals surface area (Å²) >= 11 is 0. The van der Waals surface area contributed by atoms with Crippen LogP contribution in [-0.2, 0) is 4.79 Å². The molecule has 72 valence electrons. The number of nitrogens with zero attached hydrogens (tertiary/aromatic N) is 1. The summed E-state index contributed by atoms with van der Waals surface area (Å²) in [5.41, 5.74) is 5.49. The van der Waals surface area contributed by atoms with Gasteiger partial charge in [0.15, 0.2) is 0 Å². The van der Waals surface area contributed by atoms with E-state index < -0.39 is 6.04 Å². The average molecular weight is 181 g/mol. The number of carbonyl (C=O) groups is 1. The summed E-state index contributed by atoms with van der Waals surface area (Å²) in [7, 11) is 0. The lowest BCUT2D eigenvalue weighted by molar-refractivity contribution is -0.122. The van der Waals surface area contributed by atoms with Crippen LogP contribution in [0, 0.1) is 17.2 Å². The minimum Gasteiger partial charge on any atom is -0.353 e. The minimum atomic E-state index is -0.552. The molecule has 2 unspecified atom stereocenters. The molecule has 0 aromatic carbocycles. The SMILES string of the molecule is C=CCC(N)C(=O)NCC(C)C#N. The standard InChI is InChI=1S/C9H15N3O/c1-3-4-8(11)9(13)12-6-7(2)5-10/h3,7-8H,1,4,6,11H2,2H3,(H,12,13). The number of hydrogen-bond donors (Lipinski definition) is 2. The molecule has 3 N–H and O–H groups in total. The topological polar surface area (TPSA) is 78.9 Å². The zero-order chi connectivity index (χ0) is 10.3. The molecule has 0 heterocycles. The maximum atomic E-state index is 11.2. The van der Waals surface area contributed by atoms with E-state index in [1.165, 1.54) is 0 Å². The van der Waals surface area contributed by atoms with Gasteiger partial charge in [-0.15, -0.1) is 6.58 Å². The van der Waals surface area contributed by atoms with Crippen LogP contribution in [-0.4, -0.2) is 18.5 Å². The fourth-order valence-corrected chi connectivity index (χ4v) is 0.717. The molecule has 0 aromatic heterocycles. The van der Waals surface area contributed by atoms with Crippen molar-refractivity contribution >= 4 is 5.91 Å². The Balaban J connectivity index is 3.75. The number of carbonyl (C=O) groups excluding carboxylic acids is 1. The lowest BCUT2D eigenvalue weighted by atomic mass is 10.2. The molecule has 0 fully saturated rings. The molecule has 0 rings (SSSR count). The highest BCUT2D eigenvalue weighted by Gasteiger charge is 2.11. The summed E-state index contributed by atoms with van der Waals surface area (Å²) in [4.78, 5) is 11.2. The zero-order valence-corrected chi connectivity index (χ0v) is 7.79. The summed E-state index contributed by atoms with van der Waals surface area (Å²) < 4.78 is 0. The monoisotopic (exact) mass is 181 g/mol. The van der Waals surface area contributed by atoms with Crippen molar-refractivity contribution in [3.05, 3.63) is 12.7 Å². The van der Waals surface area contributed by atoms with E-state index in [2.05, 4.69) is 11.9 Å². The zero-order valence-electron chi connectivity index (χ0n) is 7.79. The quantitative estimate of drug-likeness (QED) is 0.593. The Kier molecular flexibility index (Phi) is 5.57. The van der Waals surface area contributed by atoms with Crippen LogP contribution in [0.15, 0.2) is 12.7 Å². The first-order valence-electron chi connectivity index (χ1n) is 4.15. The Morgan fingerprint density at radius 2 is 2.46 bits per heavy atom. The molecular formula is C9H15N3O. The van der Waals surface area contributed by atoms with Gasteiger partial charge in [-0.1, -0.05) is 6.08 Å². The summed E-state index contributed by atoms with van der Waals surface area (Å²) in [6.45, 7) is 5.56. The molecule has 0 bridgehead atoms. The van der Waals surface area contributed by atoms with Gasteiger partial charge in [-0.05, 0) is 13.3 Å². The van der Waals surface area contributed by atoms with E-state index in [-0.39, 0.29) is 11.8 Å². The van der Waals surface area contributed by atoms with E-state index in [0.29, 0.717) is 13.0 Å². The Morgan fingerprint density at radius 3 is 2.92 bits per heavy atom. The van der Waals surface area contributed by atoms with Gasteiger partial charge in [-0.2, -0.15) is 5.26 Å². The third-order valence-corrected chi connectivity index (χ3v) is 1.56. The van der Waals surface area contributed by atoms with Gasteiger partial charge in [-0.25, -0.2) is 0 Å². The van der Waals surface area contributed by atoms with Gasteiger partial charge < -0.3 is 11.1 Å². The second-order valence-corrected chi connectivity index (χ2v) is 2.91. The number of nitrogens with one attached hydrogen (secondary N) is 1. The highest BCUT2D eigenvalue weighted by Crippen LogP contribution is 1.91. The van der Waals surface area contributed by atoms with E-state index in [9.17, 15) is 4.79 Å². The maximum Gasteiger partial charge on any atom is 0.237 e. The summed E-state index contributed by atoms with van der Waals surface area (Å²) in [6, 6.07) is 1.46. The Bertz CT molecular complexity index is 219. The van der Waals surface area contributed by atoms with E-state index in [1.54, 1.807) is 13.0 Å². The molecule has 4 nitrogen and oxygen atoms in total. The molecule has 0 aliphatic rings. The van der Waals surface area contributed by atoms with Crippen LogP contribution >= 0.6 is 0 Å². The lowest BCUT2D eigenvalue weighted by Crippen LogP contribution is -2.41. The van der Waals surface area contributed by atoms with E-state index in [4.69, 9.17) is 11.0 Å².